The Bertz CT molecular complexity index is 517. The number of hydrogen-bond acceptors (Lipinski definition) is 3. The van der Waals surface area contributed by atoms with Gasteiger partial charge in [0, 0.05) is 17.6 Å². The number of benzene rings is 1. The molecule has 2 unspecified atom stereocenters. The van der Waals surface area contributed by atoms with Crippen LogP contribution in [0.1, 0.15) is 19.8 Å². The third-order valence-corrected chi connectivity index (χ3v) is 3.97. The van der Waals surface area contributed by atoms with Crippen molar-refractivity contribution in [1.29, 1.82) is 0 Å². The summed E-state index contributed by atoms with van der Waals surface area (Å²) in [4.78, 5) is 24.8. The van der Waals surface area contributed by atoms with Gasteiger partial charge in [0.1, 0.15) is 5.75 Å². The number of carboxylic acids is 1. The van der Waals surface area contributed by atoms with E-state index in [1.807, 2.05) is 6.92 Å². The quantitative estimate of drug-likeness (QED) is 0.927. The number of halogens is 1. The number of amides is 1. The molecule has 1 aromatic rings. The average molecular weight is 312 g/mol. The molecule has 1 heterocycles. The Hall–Kier alpha value is -1.75. The van der Waals surface area contributed by atoms with Gasteiger partial charge in [0.15, 0.2) is 6.61 Å². The fourth-order valence-corrected chi connectivity index (χ4v) is 2.65. The van der Waals surface area contributed by atoms with Crippen molar-refractivity contribution in [2.75, 3.05) is 13.2 Å². The maximum atomic E-state index is 12.2. The number of carbonyl (C=O) groups excluding carboxylic acids is 1. The van der Waals surface area contributed by atoms with Crippen molar-refractivity contribution in [2.24, 2.45) is 5.92 Å². The summed E-state index contributed by atoms with van der Waals surface area (Å²) in [5.41, 5.74) is 0. The fraction of sp³-hybridized carbons (Fsp3) is 0.467. The van der Waals surface area contributed by atoms with E-state index in [0.717, 1.165) is 0 Å². The van der Waals surface area contributed by atoms with Crippen molar-refractivity contribution in [3.63, 3.8) is 0 Å². The molecule has 0 aliphatic carbocycles. The van der Waals surface area contributed by atoms with E-state index in [2.05, 4.69) is 0 Å². The number of rotatable bonds is 4. The van der Waals surface area contributed by atoms with Gasteiger partial charge in [-0.1, -0.05) is 11.6 Å². The van der Waals surface area contributed by atoms with Crippen LogP contribution in [0.3, 0.4) is 0 Å². The lowest BCUT2D eigenvalue weighted by Crippen LogP contribution is -2.47. The molecule has 0 saturated carbocycles. The van der Waals surface area contributed by atoms with Crippen LogP contribution in [0, 0.1) is 5.92 Å². The van der Waals surface area contributed by atoms with E-state index < -0.39 is 5.97 Å². The molecule has 5 nitrogen and oxygen atoms in total. The lowest BCUT2D eigenvalue weighted by molar-refractivity contribution is -0.148. The van der Waals surface area contributed by atoms with Crippen LogP contribution >= 0.6 is 11.6 Å². The van der Waals surface area contributed by atoms with Gasteiger partial charge >= 0.3 is 5.97 Å². The van der Waals surface area contributed by atoms with Crippen LogP contribution in [0.4, 0.5) is 0 Å². The molecule has 0 bridgehead atoms. The second-order valence-electron chi connectivity index (χ2n) is 5.24. The molecule has 2 atom stereocenters. The van der Waals surface area contributed by atoms with Gasteiger partial charge in [-0.3, -0.25) is 9.59 Å². The Balaban J connectivity index is 1.86. The molecule has 6 heteroatoms. The number of nitrogens with zero attached hydrogens (tertiary/aromatic N) is 1. The van der Waals surface area contributed by atoms with E-state index in [9.17, 15) is 9.59 Å². The van der Waals surface area contributed by atoms with Gasteiger partial charge in [0.2, 0.25) is 0 Å². The molecule has 114 valence electrons. The van der Waals surface area contributed by atoms with Gasteiger partial charge in [-0.25, -0.2) is 0 Å². The molecule has 0 spiro atoms. The Morgan fingerprint density at radius 2 is 2.05 bits per heavy atom. The molecule has 21 heavy (non-hydrogen) atoms. The minimum atomic E-state index is -0.786. The van der Waals surface area contributed by atoms with Gasteiger partial charge < -0.3 is 14.7 Å². The molecule has 1 N–H and O–H groups in total. The van der Waals surface area contributed by atoms with E-state index >= 15 is 0 Å². The summed E-state index contributed by atoms with van der Waals surface area (Å²) < 4.78 is 5.43. The third kappa shape index (κ3) is 4.11. The lowest BCUT2D eigenvalue weighted by atomic mass is 9.92. The third-order valence-electron chi connectivity index (χ3n) is 3.72. The van der Waals surface area contributed by atoms with Gasteiger partial charge in [0.25, 0.3) is 5.91 Å². The first-order chi connectivity index (χ1) is 9.97. The molecule has 1 aromatic carbocycles. The number of piperidine rings is 1. The number of ether oxygens (including phenoxy) is 1. The molecular formula is C15H18ClNO4. The average Bonchev–Trinajstić information content (AvgIpc) is 2.46. The van der Waals surface area contributed by atoms with Crippen LogP contribution in [0.25, 0.3) is 0 Å². The maximum absolute atomic E-state index is 12.2. The molecule has 0 radical (unpaired) electrons. The first-order valence-electron chi connectivity index (χ1n) is 6.88. The minimum Gasteiger partial charge on any atom is -0.484 e. The first-order valence-corrected chi connectivity index (χ1v) is 7.26. The zero-order chi connectivity index (χ0) is 15.4. The van der Waals surface area contributed by atoms with Crippen molar-refractivity contribution in [3.8, 4) is 5.75 Å². The van der Waals surface area contributed by atoms with Crippen LogP contribution in [-0.4, -0.2) is 41.1 Å². The van der Waals surface area contributed by atoms with Crippen LogP contribution in [0.2, 0.25) is 5.02 Å². The molecular weight excluding hydrogens is 294 g/mol. The summed E-state index contributed by atoms with van der Waals surface area (Å²) in [7, 11) is 0. The van der Waals surface area contributed by atoms with Crippen molar-refractivity contribution in [1.82, 2.24) is 4.90 Å². The highest BCUT2D eigenvalue weighted by Gasteiger charge is 2.32. The SMILES string of the molecule is CC1CC(C(=O)O)CCN1C(=O)COc1ccc(Cl)cc1. The largest absolute Gasteiger partial charge is 0.484 e. The maximum Gasteiger partial charge on any atom is 0.306 e. The van der Waals surface area contributed by atoms with Crippen molar-refractivity contribution >= 4 is 23.5 Å². The molecule has 1 saturated heterocycles. The van der Waals surface area contributed by atoms with Crippen LogP contribution in [0.15, 0.2) is 24.3 Å². The van der Waals surface area contributed by atoms with Crippen molar-refractivity contribution in [3.05, 3.63) is 29.3 Å². The minimum absolute atomic E-state index is 0.0519. The van der Waals surface area contributed by atoms with Crippen LogP contribution in [0.5, 0.6) is 5.75 Å². The van der Waals surface area contributed by atoms with E-state index in [1.165, 1.54) is 0 Å². The van der Waals surface area contributed by atoms with Gasteiger partial charge in [0.05, 0.1) is 5.92 Å². The standard InChI is InChI=1S/C15H18ClNO4/c1-10-8-11(15(19)20)6-7-17(10)14(18)9-21-13-4-2-12(16)3-5-13/h2-5,10-11H,6-9H2,1H3,(H,19,20). The monoisotopic (exact) mass is 311 g/mol. The van der Waals surface area contributed by atoms with E-state index in [1.54, 1.807) is 29.2 Å². The summed E-state index contributed by atoms with van der Waals surface area (Å²) in [6, 6.07) is 6.72. The molecule has 1 aliphatic heterocycles. The van der Waals surface area contributed by atoms with Gasteiger partial charge in [-0.05, 0) is 44.0 Å². The topological polar surface area (TPSA) is 66.8 Å². The molecule has 1 fully saturated rings. The number of carbonyl (C=O) groups is 2. The number of carboxylic acid groups (broad SMARTS) is 1. The predicted molar refractivity (Wildman–Crippen MR) is 78.5 cm³/mol. The Morgan fingerprint density at radius 3 is 2.62 bits per heavy atom. The normalized spacial score (nSPS) is 21.9. The summed E-state index contributed by atoms with van der Waals surface area (Å²) >= 11 is 5.78. The summed E-state index contributed by atoms with van der Waals surface area (Å²) in [5, 5.41) is 9.63. The summed E-state index contributed by atoms with van der Waals surface area (Å²) in [6.45, 7) is 2.28. The fourth-order valence-electron chi connectivity index (χ4n) is 2.53. The smallest absolute Gasteiger partial charge is 0.306 e. The molecule has 2 rings (SSSR count). The van der Waals surface area contributed by atoms with E-state index in [-0.39, 0.29) is 24.5 Å². The van der Waals surface area contributed by atoms with Gasteiger partial charge in [-0.2, -0.15) is 0 Å². The molecule has 1 amide bonds. The number of likely N-dealkylation sites (tertiary alicyclic amines) is 1. The van der Waals surface area contributed by atoms with E-state index in [0.29, 0.717) is 30.2 Å². The number of hydrogen-bond donors (Lipinski definition) is 1. The zero-order valence-corrected chi connectivity index (χ0v) is 12.5. The summed E-state index contributed by atoms with van der Waals surface area (Å²) in [6.07, 6.45) is 0.981. The summed E-state index contributed by atoms with van der Waals surface area (Å²) in [5.74, 6) is -0.685. The number of aliphatic carboxylic acids is 1. The van der Waals surface area contributed by atoms with Crippen molar-refractivity contribution < 1.29 is 19.4 Å². The highest BCUT2D eigenvalue weighted by molar-refractivity contribution is 6.30. The van der Waals surface area contributed by atoms with Crippen LogP contribution in [-0.2, 0) is 9.59 Å². The Morgan fingerprint density at radius 1 is 1.38 bits per heavy atom. The zero-order valence-electron chi connectivity index (χ0n) is 11.8. The second kappa shape index (κ2) is 6.80. The van der Waals surface area contributed by atoms with Gasteiger partial charge in [-0.15, -0.1) is 0 Å². The van der Waals surface area contributed by atoms with Crippen LogP contribution < -0.4 is 4.74 Å². The highest BCUT2D eigenvalue weighted by Crippen LogP contribution is 2.23. The molecule has 0 aromatic heterocycles. The highest BCUT2D eigenvalue weighted by atomic mass is 35.5. The lowest BCUT2D eigenvalue weighted by Gasteiger charge is -2.36. The predicted octanol–water partition coefficient (Wildman–Crippen LogP) is 2.43. The van der Waals surface area contributed by atoms with Crippen molar-refractivity contribution in [2.45, 2.75) is 25.8 Å². The molecule has 1 aliphatic rings. The Kier molecular flexibility index (Phi) is 5.07. The second-order valence-corrected chi connectivity index (χ2v) is 5.67. The van der Waals surface area contributed by atoms with E-state index in [4.69, 9.17) is 21.4 Å². The first kappa shape index (κ1) is 15.6. The Labute approximate surface area is 128 Å².